The van der Waals surface area contributed by atoms with Crippen LogP contribution in [0.2, 0.25) is 0 Å². The Morgan fingerprint density at radius 2 is 2.06 bits per heavy atom. The number of thiophene rings is 1. The van der Waals surface area contributed by atoms with Crippen molar-refractivity contribution in [3.8, 4) is 0 Å². The zero-order chi connectivity index (χ0) is 24.6. The summed E-state index contributed by atoms with van der Waals surface area (Å²) in [6.45, 7) is 10.0. The highest BCUT2D eigenvalue weighted by atomic mass is 32.1. The van der Waals surface area contributed by atoms with Crippen molar-refractivity contribution in [3.05, 3.63) is 50.6 Å². The third kappa shape index (κ3) is 5.04. The third-order valence-electron chi connectivity index (χ3n) is 6.18. The summed E-state index contributed by atoms with van der Waals surface area (Å²) in [7, 11) is 0. The maximum atomic E-state index is 13.2. The second-order valence-electron chi connectivity index (χ2n) is 10.1. The van der Waals surface area contributed by atoms with Crippen LogP contribution in [-0.2, 0) is 28.9 Å². The fourth-order valence-corrected chi connectivity index (χ4v) is 5.55. The minimum absolute atomic E-state index is 0.209. The Morgan fingerprint density at radius 1 is 1.29 bits per heavy atom. The summed E-state index contributed by atoms with van der Waals surface area (Å²) in [4.78, 5) is 39.8. The van der Waals surface area contributed by atoms with Crippen molar-refractivity contribution in [2.75, 3.05) is 5.32 Å². The molecular formula is C25H30N4O4S. The zero-order valence-electron chi connectivity index (χ0n) is 20.2. The largest absolute Gasteiger partial charge is 0.459 e. The van der Waals surface area contributed by atoms with Crippen LogP contribution in [0.25, 0.3) is 10.2 Å². The highest BCUT2D eigenvalue weighted by Crippen LogP contribution is 2.41. The highest BCUT2D eigenvalue weighted by Gasteiger charge is 2.32. The van der Waals surface area contributed by atoms with Gasteiger partial charge in [0.05, 0.1) is 17.1 Å². The van der Waals surface area contributed by atoms with E-state index in [9.17, 15) is 14.4 Å². The summed E-state index contributed by atoms with van der Waals surface area (Å²) in [5, 5.41) is 11.6. The Hall–Kier alpha value is -3.07. The van der Waals surface area contributed by atoms with E-state index in [1.54, 1.807) is 49.4 Å². The lowest BCUT2D eigenvalue weighted by atomic mass is 9.72. The van der Waals surface area contributed by atoms with Gasteiger partial charge in [0.2, 0.25) is 5.91 Å². The van der Waals surface area contributed by atoms with Gasteiger partial charge in [-0.1, -0.05) is 32.1 Å². The second kappa shape index (κ2) is 9.29. The Kier molecular flexibility index (Phi) is 6.58. The minimum Gasteiger partial charge on any atom is -0.459 e. The van der Waals surface area contributed by atoms with Crippen LogP contribution in [0.3, 0.4) is 0 Å². The molecule has 8 nitrogen and oxygen atoms in total. The third-order valence-corrected chi connectivity index (χ3v) is 7.32. The number of nitrogens with one attached hydrogen (secondary N) is 1. The van der Waals surface area contributed by atoms with Crippen molar-refractivity contribution in [2.45, 2.75) is 66.5 Å². The lowest BCUT2D eigenvalue weighted by Crippen LogP contribution is -2.31. The predicted octanol–water partition coefficient (Wildman–Crippen LogP) is 4.21. The first kappa shape index (κ1) is 24.1. The molecule has 2 heterocycles. The van der Waals surface area contributed by atoms with Gasteiger partial charge in [-0.25, -0.2) is 9.48 Å². The first-order chi connectivity index (χ1) is 16.0. The summed E-state index contributed by atoms with van der Waals surface area (Å²) in [6, 6.07) is 6.49. The number of carbonyl (C=O) groups is 2. The molecule has 0 saturated carbocycles. The van der Waals surface area contributed by atoms with Gasteiger partial charge < -0.3 is 10.1 Å². The molecule has 0 unspecified atom stereocenters. The molecule has 0 aliphatic heterocycles. The minimum atomic E-state index is -0.463. The zero-order valence-corrected chi connectivity index (χ0v) is 21.0. The number of amides is 1. The summed E-state index contributed by atoms with van der Waals surface area (Å²) < 4.78 is 6.31. The van der Waals surface area contributed by atoms with E-state index in [1.807, 2.05) is 0 Å². The smallest absolute Gasteiger partial charge is 0.338 e. The number of nitrogens with zero attached hydrogens (tertiary/aromatic N) is 3. The molecule has 0 bridgehead atoms. The van der Waals surface area contributed by atoms with Crippen LogP contribution in [0.5, 0.6) is 0 Å². The molecule has 1 atom stereocenters. The molecule has 1 aliphatic carbocycles. The van der Waals surface area contributed by atoms with Gasteiger partial charge in [0.25, 0.3) is 5.56 Å². The molecule has 1 amide bonds. The molecule has 180 valence electrons. The molecule has 0 radical (unpaired) electrons. The number of aromatic nitrogens is 3. The van der Waals surface area contributed by atoms with Crippen LogP contribution in [0, 0.1) is 11.3 Å². The molecule has 0 saturated heterocycles. The average molecular weight is 483 g/mol. The predicted molar refractivity (Wildman–Crippen MR) is 132 cm³/mol. The van der Waals surface area contributed by atoms with Gasteiger partial charge in [-0.2, -0.15) is 0 Å². The molecule has 0 spiro atoms. The van der Waals surface area contributed by atoms with Crippen LogP contribution in [-0.4, -0.2) is 33.0 Å². The highest BCUT2D eigenvalue weighted by molar-refractivity contribution is 7.18. The fraction of sp³-hybridized carbons (Fsp3) is 0.480. The fourth-order valence-electron chi connectivity index (χ4n) is 4.31. The van der Waals surface area contributed by atoms with Crippen molar-refractivity contribution >= 4 is 39.1 Å². The van der Waals surface area contributed by atoms with E-state index in [1.165, 1.54) is 4.88 Å². The van der Waals surface area contributed by atoms with Crippen molar-refractivity contribution in [2.24, 2.45) is 11.3 Å². The van der Waals surface area contributed by atoms with Crippen molar-refractivity contribution in [1.29, 1.82) is 0 Å². The van der Waals surface area contributed by atoms with Crippen LogP contribution >= 0.6 is 11.3 Å². The lowest BCUT2D eigenvalue weighted by Gasteiger charge is -2.33. The normalized spacial score (nSPS) is 15.9. The van der Waals surface area contributed by atoms with Gasteiger partial charge in [-0.05, 0) is 68.2 Å². The summed E-state index contributed by atoms with van der Waals surface area (Å²) in [6.07, 6.45) is 2.56. The van der Waals surface area contributed by atoms with Crippen molar-refractivity contribution in [1.82, 2.24) is 15.0 Å². The second-order valence-corrected chi connectivity index (χ2v) is 11.2. The molecule has 3 aromatic rings. The number of hydrogen-bond acceptors (Lipinski definition) is 7. The number of esters is 1. The molecule has 2 aromatic heterocycles. The van der Waals surface area contributed by atoms with Crippen LogP contribution in [0.4, 0.5) is 5.69 Å². The Bertz CT molecular complexity index is 1300. The number of ether oxygens (including phenoxy) is 1. The van der Waals surface area contributed by atoms with Crippen LogP contribution in [0.1, 0.15) is 61.8 Å². The number of rotatable bonds is 5. The molecule has 1 aliphatic rings. The van der Waals surface area contributed by atoms with Crippen LogP contribution in [0.15, 0.2) is 29.1 Å². The standard InChI is InChI=1S/C25H30N4O4S/c1-14(2)33-24(32)15-7-6-8-17(11-15)26-20(30)13-29-23(31)21-18-10-9-16(25(3,4)5)12-19(18)34-22(21)27-28-29/h6-8,11,14,16H,9-10,12-13H2,1-5H3,(H,26,30)/t16-/m1/s1. The molecule has 1 N–H and O–H groups in total. The number of carbonyl (C=O) groups excluding carboxylic acids is 2. The van der Waals surface area contributed by atoms with Gasteiger partial charge in [0.1, 0.15) is 6.54 Å². The van der Waals surface area contributed by atoms with Gasteiger partial charge in [0.15, 0.2) is 4.83 Å². The quantitative estimate of drug-likeness (QED) is 0.547. The molecule has 9 heteroatoms. The first-order valence-corrected chi connectivity index (χ1v) is 12.3. The Balaban J connectivity index is 1.52. The molecule has 34 heavy (non-hydrogen) atoms. The van der Waals surface area contributed by atoms with E-state index >= 15 is 0 Å². The lowest BCUT2D eigenvalue weighted by molar-refractivity contribution is -0.117. The van der Waals surface area contributed by atoms with E-state index < -0.39 is 11.9 Å². The maximum absolute atomic E-state index is 13.2. The number of hydrogen-bond donors (Lipinski definition) is 1. The summed E-state index contributed by atoms with van der Waals surface area (Å²) in [5.41, 5.74) is 1.75. The molecule has 1 aromatic carbocycles. The Labute approximate surface area is 202 Å². The van der Waals surface area contributed by atoms with Crippen LogP contribution < -0.4 is 10.9 Å². The first-order valence-electron chi connectivity index (χ1n) is 11.5. The molecule has 0 fully saturated rings. The Morgan fingerprint density at radius 3 is 2.76 bits per heavy atom. The molecular weight excluding hydrogens is 452 g/mol. The SMILES string of the molecule is CC(C)OC(=O)c1cccc(NC(=O)Cn2nnc3sc4c(c3c2=O)CC[C@@H](C(C)(C)C)C4)c1. The number of benzene rings is 1. The van der Waals surface area contributed by atoms with E-state index in [-0.39, 0.29) is 23.6 Å². The number of fused-ring (bicyclic) bond motifs is 3. The molecule has 4 rings (SSSR count). The summed E-state index contributed by atoms with van der Waals surface area (Å²) in [5.74, 6) is -0.334. The maximum Gasteiger partial charge on any atom is 0.338 e. The topological polar surface area (TPSA) is 103 Å². The van der Waals surface area contributed by atoms with E-state index in [2.05, 4.69) is 36.4 Å². The van der Waals surface area contributed by atoms with Gasteiger partial charge in [-0.15, -0.1) is 16.4 Å². The number of anilines is 1. The van der Waals surface area contributed by atoms with E-state index in [0.717, 1.165) is 29.5 Å². The van der Waals surface area contributed by atoms with E-state index in [4.69, 9.17) is 4.74 Å². The summed E-state index contributed by atoms with van der Waals surface area (Å²) >= 11 is 1.54. The van der Waals surface area contributed by atoms with Crippen molar-refractivity contribution < 1.29 is 14.3 Å². The number of aryl methyl sites for hydroxylation is 1. The average Bonchev–Trinajstić information content (AvgIpc) is 3.13. The van der Waals surface area contributed by atoms with E-state index in [0.29, 0.717) is 27.4 Å². The van der Waals surface area contributed by atoms with Crippen molar-refractivity contribution in [3.63, 3.8) is 0 Å². The monoisotopic (exact) mass is 482 g/mol. The van der Waals surface area contributed by atoms with Gasteiger partial charge in [-0.3, -0.25) is 9.59 Å². The van der Waals surface area contributed by atoms with Gasteiger partial charge >= 0.3 is 5.97 Å². The van der Waals surface area contributed by atoms with Gasteiger partial charge in [0, 0.05) is 10.6 Å².